The molecule has 0 unspecified atom stereocenters. The SMILES string of the molecule is CC(C)Cc1cc(-c2[c-]cccc2)ncc1[Si](C)(C)C.CC(C)c1cc(-c2ccccc2)cc(C(C)C)c1-n1c(-c2[c-]sc3ccc(CCc4ccccc4)cc23)nc2ccccc21.[Ir]. The van der Waals surface area contributed by atoms with Crippen LogP contribution >= 0.6 is 11.3 Å². The van der Waals surface area contributed by atoms with Gasteiger partial charge in [0.15, 0.2) is 0 Å². The number of aromatic nitrogens is 3. The van der Waals surface area contributed by atoms with E-state index in [0.717, 1.165) is 52.9 Å². The van der Waals surface area contributed by atoms with Crippen LogP contribution in [-0.4, -0.2) is 22.6 Å². The fraction of sp³-hybridized carbons (Fsp3) is 0.254. The number of fused-ring (bicyclic) bond motifs is 2. The number of nitrogens with zero attached hydrogens (tertiary/aromatic N) is 3. The molecule has 0 saturated carbocycles. The quantitative estimate of drug-likeness (QED) is 0.0902. The van der Waals surface area contributed by atoms with Gasteiger partial charge in [-0.2, -0.15) is 0 Å². The summed E-state index contributed by atoms with van der Waals surface area (Å²) in [5.74, 6) is 2.29. The van der Waals surface area contributed by atoms with Crippen molar-refractivity contribution in [2.24, 2.45) is 5.92 Å². The van der Waals surface area contributed by atoms with Gasteiger partial charge >= 0.3 is 0 Å². The van der Waals surface area contributed by atoms with Crippen molar-refractivity contribution in [1.29, 1.82) is 0 Å². The molecule has 0 atom stereocenters. The molecule has 3 nitrogen and oxygen atoms in total. The number of para-hydroxylation sites is 2. The second-order valence-electron chi connectivity index (χ2n) is 19.2. The summed E-state index contributed by atoms with van der Waals surface area (Å²) in [4.78, 5) is 10.0. The van der Waals surface area contributed by atoms with Gasteiger partial charge in [0.05, 0.1) is 24.9 Å². The average molecular weight is 1060 g/mol. The molecule has 0 saturated heterocycles. The first-order valence-electron chi connectivity index (χ1n) is 23.0. The average Bonchev–Trinajstić information content (AvgIpc) is 3.89. The summed E-state index contributed by atoms with van der Waals surface area (Å²) >= 11 is 1.69. The summed E-state index contributed by atoms with van der Waals surface area (Å²) in [5, 5.41) is 6.42. The largest absolute Gasteiger partial charge is 0.333 e. The Kier molecular flexibility index (Phi) is 15.4. The Hall–Kier alpha value is -5.23. The normalized spacial score (nSPS) is 11.6. The van der Waals surface area contributed by atoms with Crippen LogP contribution in [0.3, 0.4) is 0 Å². The number of pyridine rings is 1. The van der Waals surface area contributed by atoms with Crippen molar-refractivity contribution in [2.75, 3.05) is 0 Å². The number of hydrogen-bond donors (Lipinski definition) is 0. The van der Waals surface area contributed by atoms with Crippen LogP contribution in [-0.2, 0) is 39.4 Å². The van der Waals surface area contributed by atoms with Gasteiger partial charge in [-0.3, -0.25) is 16.3 Å². The molecule has 0 spiro atoms. The summed E-state index contributed by atoms with van der Waals surface area (Å²) in [7, 11) is -1.34. The molecule has 0 aliphatic carbocycles. The zero-order valence-electron chi connectivity index (χ0n) is 39.4. The Balaban J connectivity index is 0.000000253. The van der Waals surface area contributed by atoms with Gasteiger partial charge < -0.3 is 9.55 Å². The van der Waals surface area contributed by atoms with E-state index in [1.165, 1.54) is 59.9 Å². The fourth-order valence-corrected chi connectivity index (χ4v) is 11.2. The van der Waals surface area contributed by atoms with Crippen molar-refractivity contribution in [3.05, 3.63) is 191 Å². The van der Waals surface area contributed by atoms with Crippen molar-refractivity contribution in [3.8, 4) is 39.5 Å². The first-order valence-corrected chi connectivity index (χ1v) is 27.3. The molecule has 0 fully saturated rings. The summed E-state index contributed by atoms with van der Waals surface area (Å²) < 4.78 is 3.68. The minimum Gasteiger partial charge on any atom is -0.333 e. The Labute approximate surface area is 406 Å². The van der Waals surface area contributed by atoms with Crippen LogP contribution in [0.25, 0.3) is 60.6 Å². The van der Waals surface area contributed by atoms with E-state index in [0.29, 0.717) is 17.8 Å². The van der Waals surface area contributed by atoms with E-state index in [4.69, 9.17) is 4.98 Å². The van der Waals surface area contributed by atoms with Crippen LogP contribution in [0.2, 0.25) is 19.6 Å². The third kappa shape index (κ3) is 10.9. The molecule has 6 aromatic carbocycles. The predicted molar refractivity (Wildman–Crippen MR) is 278 cm³/mol. The van der Waals surface area contributed by atoms with E-state index in [2.05, 4.69) is 216 Å². The Bertz CT molecular complexity index is 2950. The molecule has 333 valence electrons. The molecule has 3 heterocycles. The molecule has 0 N–H and O–H groups in total. The zero-order valence-corrected chi connectivity index (χ0v) is 43.6. The molecule has 9 aromatic rings. The minimum absolute atomic E-state index is 0. The molecule has 9 rings (SSSR count). The van der Waals surface area contributed by atoms with Gasteiger partial charge in [0.25, 0.3) is 0 Å². The molecular formula is C59H61IrN3SSi-2. The van der Waals surface area contributed by atoms with E-state index in [1.54, 1.807) is 11.3 Å². The molecule has 3 aromatic heterocycles. The number of aryl methyl sites for hydroxylation is 2. The number of benzene rings is 6. The molecule has 0 aliphatic heterocycles. The van der Waals surface area contributed by atoms with Gasteiger partial charge in [-0.1, -0.05) is 179 Å². The second-order valence-corrected chi connectivity index (χ2v) is 25.1. The van der Waals surface area contributed by atoms with Crippen molar-refractivity contribution in [1.82, 2.24) is 14.5 Å². The second kappa shape index (κ2) is 20.9. The molecule has 0 aliphatic rings. The van der Waals surface area contributed by atoms with Crippen LogP contribution in [0.4, 0.5) is 0 Å². The fourth-order valence-electron chi connectivity index (χ4n) is 8.79. The van der Waals surface area contributed by atoms with E-state index >= 15 is 0 Å². The summed E-state index contributed by atoms with van der Waals surface area (Å²) in [6, 6.07) is 55.4. The van der Waals surface area contributed by atoms with Crippen LogP contribution < -0.4 is 5.19 Å². The third-order valence-electron chi connectivity index (χ3n) is 12.1. The Morgan fingerprint density at radius 3 is 1.95 bits per heavy atom. The maximum Gasteiger partial charge on any atom is 0.0798 e. The first-order chi connectivity index (χ1) is 30.9. The smallest absolute Gasteiger partial charge is 0.0798 e. The van der Waals surface area contributed by atoms with Gasteiger partial charge in [0, 0.05) is 32.0 Å². The van der Waals surface area contributed by atoms with Gasteiger partial charge in [0.1, 0.15) is 0 Å². The minimum atomic E-state index is -1.34. The number of hydrogen-bond acceptors (Lipinski definition) is 3. The number of rotatable bonds is 12. The monoisotopic (exact) mass is 1060 g/mol. The van der Waals surface area contributed by atoms with Gasteiger partial charge in [-0.15, -0.1) is 47.3 Å². The van der Waals surface area contributed by atoms with Gasteiger partial charge in [-0.05, 0) is 100.0 Å². The Morgan fingerprint density at radius 1 is 0.662 bits per heavy atom. The van der Waals surface area contributed by atoms with Crippen LogP contribution in [0.15, 0.2) is 152 Å². The predicted octanol–water partition coefficient (Wildman–Crippen LogP) is 15.7. The maximum absolute atomic E-state index is 5.32. The summed E-state index contributed by atoms with van der Waals surface area (Å²) in [6.07, 6.45) is 5.26. The van der Waals surface area contributed by atoms with Crippen LogP contribution in [0.1, 0.15) is 81.2 Å². The van der Waals surface area contributed by atoms with Crippen molar-refractivity contribution in [3.63, 3.8) is 0 Å². The van der Waals surface area contributed by atoms with E-state index < -0.39 is 8.07 Å². The molecular weight excluding hydrogens is 1000 g/mol. The molecule has 65 heavy (non-hydrogen) atoms. The van der Waals surface area contributed by atoms with Crippen molar-refractivity contribution >= 4 is 45.7 Å². The van der Waals surface area contributed by atoms with Gasteiger partial charge in [-0.25, -0.2) is 0 Å². The number of thiophene rings is 1. The summed E-state index contributed by atoms with van der Waals surface area (Å²) in [5.41, 5.74) is 16.0. The van der Waals surface area contributed by atoms with E-state index in [-0.39, 0.29) is 20.1 Å². The molecule has 6 heteroatoms. The maximum atomic E-state index is 5.32. The van der Waals surface area contributed by atoms with Crippen molar-refractivity contribution in [2.45, 2.75) is 92.3 Å². The van der Waals surface area contributed by atoms with Crippen molar-refractivity contribution < 1.29 is 20.1 Å². The van der Waals surface area contributed by atoms with Gasteiger partial charge in [0.2, 0.25) is 0 Å². The molecule has 0 amide bonds. The van der Waals surface area contributed by atoms with Crippen LogP contribution in [0, 0.1) is 17.4 Å². The number of imidazole rings is 1. The molecule has 1 radical (unpaired) electrons. The van der Waals surface area contributed by atoms with E-state index in [9.17, 15) is 0 Å². The first kappa shape index (κ1) is 47.7. The summed E-state index contributed by atoms with van der Waals surface area (Å²) in [6.45, 7) is 21.0. The van der Waals surface area contributed by atoms with E-state index in [1.807, 2.05) is 18.2 Å². The van der Waals surface area contributed by atoms with Crippen LogP contribution in [0.5, 0.6) is 0 Å². The zero-order chi connectivity index (χ0) is 45.0. The Morgan fingerprint density at radius 2 is 1.31 bits per heavy atom. The third-order valence-corrected chi connectivity index (χ3v) is 15.0. The molecule has 0 bridgehead atoms. The standard InChI is InChI=1S/C41H37N2S.C18H24NSi.Ir/c1-27(2)33-24-32(31-15-9-6-10-16-31)25-34(28(3)4)40(33)43-38-18-12-11-17-37(38)42-41(43)36-26-44-39-22-21-30(23-35(36)39)20-19-29-13-7-5-8-14-29;1-14(2)11-16-12-17(15-9-7-6-8-10-15)19-13-18(16)20(3,4)5;/h5-18,21-25,27-28H,19-20H2,1-4H3;6-9,12-14H,11H2,1-5H3;/q2*-1;. The topological polar surface area (TPSA) is 30.7 Å².